The highest BCUT2D eigenvalue weighted by Gasteiger charge is 2.17. The second kappa shape index (κ2) is 6.20. The minimum absolute atomic E-state index is 0.469. The molecule has 1 fully saturated rings. The number of rotatable bonds is 5. The fourth-order valence-electron chi connectivity index (χ4n) is 2.66. The van der Waals surface area contributed by atoms with Gasteiger partial charge in [-0.3, -0.25) is 0 Å². The Bertz CT molecular complexity index is 302. The molecular weight excluding hydrogens is 212 g/mol. The number of likely N-dealkylation sites (tertiary alicyclic amines) is 1. The number of hydrogen-bond acceptors (Lipinski definition) is 3. The summed E-state index contributed by atoms with van der Waals surface area (Å²) in [6, 6.07) is 0. The molecule has 3 heteroatoms. The quantitative estimate of drug-likeness (QED) is 0.785. The molecule has 0 amide bonds. The zero-order chi connectivity index (χ0) is 12.1. The van der Waals surface area contributed by atoms with Crippen molar-refractivity contribution >= 4 is 0 Å². The first-order valence-electron chi connectivity index (χ1n) is 6.83. The van der Waals surface area contributed by atoms with Gasteiger partial charge in [0, 0.05) is 5.92 Å². The fraction of sp³-hybridized carbons (Fsp3) is 0.786. The van der Waals surface area contributed by atoms with Gasteiger partial charge in [0.1, 0.15) is 6.26 Å². The fourth-order valence-corrected chi connectivity index (χ4v) is 2.66. The number of piperidine rings is 1. The largest absolute Gasteiger partial charge is 0.449 e. The zero-order valence-corrected chi connectivity index (χ0v) is 11.1. The van der Waals surface area contributed by atoms with E-state index in [0.717, 1.165) is 11.8 Å². The summed E-state index contributed by atoms with van der Waals surface area (Å²) in [6.45, 7) is 4.76. The van der Waals surface area contributed by atoms with Crippen LogP contribution in [0.25, 0.3) is 0 Å². The number of hydrogen-bond donors (Lipinski definition) is 0. The van der Waals surface area contributed by atoms with Gasteiger partial charge in [0.2, 0.25) is 0 Å². The lowest BCUT2D eigenvalue weighted by atomic mass is 9.90. The summed E-state index contributed by atoms with van der Waals surface area (Å²) >= 11 is 0. The maximum Gasteiger partial charge on any atom is 0.196 e. The van der Waals surface area contributed by atoms with Crippen molar-refractivity contribution in [1.82, 2.24) is 9.88 Å². The van der Waals surface area contributed by atoms with E-state index in [0.29, 0.717) is 5.92 Å². The average Bonchev–Trinajstić information content (AvgIpc) is 2.85. The first kappa shape index (κ1) is 12.6. The van der Waals surface area contributed by atoms with Gasteiger partial charge in [-0.05, 0) is 45.3 Å². The molecule has 0 saturated carbocycles. The van der Waals surface area contributed by atoms with Crippen molar-refractivity contribution < 1.29 is 4.42 Å². The van der Waals surface area contributed by atoms with E-state index in [1.165, 1.54) is 45.2 Å². The van der Waals surface area contributed by atoms with Crippen LogP contribution in [0.2, 0.25) is 0 Å². The summed E-state index contributed by atoms with van der Waals surface area (Å²) in [5.74, 6) is 2.31. The van der Waals surface area contributed by atoms with E-state index in [9.17, 15) is 0 Å². The van der Waals surface area contributed by atoms with Gasteiger partial charge < -0.3 is 9.32 Å². The van der Waals surface area contributed by atoms with Crippen molar-refractivity contribution in [3.63, 3.8) is 0 Å². The highest BCUT2D eigenvalue weighted by Crippen LogP contribution is 2.25. The third-order valence-electron chi connectivity index (χ3n) is 3.96. The molecule has 3 nitrogen and oxygen atoms in total. The second-order valence-electron chi connectivity index (χ2n) is 5.45. The van der Waals surface area contributed by atoms with Crippen LogP contribution >= 0.6 is 0 Å². The molecule has 1 saturated heterocycles. The maximum atomic E-state index is 5.33. The van der Waals surface area contributed by atoms with E-state index >= 15 is 0 Å². The van der Waals surface area contributed by atoms with Gasteiger partial charge in [0.15, 0.2) is 5.89 Å². The van der Waals surface area contributed by atoms with Gasteiger partial charge in [-0.1, -0.05) is 19.8 Å². The summed E-state index contributed by atoms with van der Waals surface area (Å²) in [6.07, 6.45) is 10.0. The third kappa shape index (κ3) is 3.84. The van der Waals surface area contributed by atoms with Crippen molar-refractivity contribution in [2.75, 3.05) is 20.1 Å². The predicted octanol–water partition coefficient (Wildman–Crippen LogP) is 3.29. The topological polar surface area (TPSA) is 29.3 Å². The van der Waals surface area contributed by atoms with Gasteiger partial charge in [0.25, 0.3) is 0 Å². The average molecular weight is 236 g/mol. The second-order valence-corrected chi connectivity index (χ2v) is 5.45. The van der Waals surface area contributed by atoms with Crippen LogP contribution in [-0.2, 0) is 0 Å². The maximum absolute atomic E-state index is 5.33. The van der Waals surface area contributed by atoms with Crippen LogP contribution in [0.1, 0.15) is 50.8 Å². The molecule has 2 heterocycles. The van der Waals surface area contributed by atoms with E-state index < -0.39 is 0 Å². The highest BCUT2D eigenvalue weighted by molar-refractivity contribution is 4.88. The van der Waals surface area contributed by atoms with Crippen molar-refractivity contribution in [3.8, 4) is 0 Å². The molecule has 1 atom stereocenters. The highest BCUT2D eigenvalue weighted by atomic mass is 16.3. The van der Waals surface area contributed by atoms with Crippen LogP contribution in [0.4, 0.5) is 0 Å². The molecule has 96 valence electrons. The van der Waals surface area contributed by atoms with E-state index in [-0.39, 0.29) is 0 Å². The summed E-state index contributed by atoms with van der Waals surface area (Å²) in [4.78, 5) is 6.65. The Morgan fingerprint density at radius 1 is 1.47 bits per heavy atom. The molecule has 1 aliphatic heterocycles. The molecule has 17 heavy (non-hydrogen) atoms. The standard InChI is InChI=1S/C14H24N2O/c1-12(14-15-8-11-17-14)4-3-5-13-6-9-16(2)10-7-13/h8,11-13H,3-7,9-10H2,1-2H3. The van der Waals surface area contributed by atoms with Crippen LogP contribution in [0, 0.1) is 5.92 Å². The Labute approximate surface area is 104 Å². The van der Waals surface area contributed by atoms with Crippen LogP contribution in [0.15, 0.2) is 16.9 Å². The molecule has 1 aromatic rings. The first-order chi connectivity index (χ1) is 8.25. The normalized spacial score (nSPS) is 20.6. The lowest BCUT2D eigenvalue weighted by molar-refractivity contribution is 0.208. The summed E-state index contributed by atoms with van der Waals surface area (Å²) in [7, 11) is 2.22. The smallest absolute Gasteiger partial charge is 0.196 e. The van der Waals surface area contributed by atoms with Crippen molar-refractivity contribution in [2.24, 2.45) is 5.92 Å². The van der Waals surface area contributed by atoms with Crippen molar-refractivity contribution in [2.45, 2.75) is 44.9 Å². The lowest BCUT2D eigenvalue weighted by Crippen LogP contribution is -2.30. The van der Waals surface area contributed by atoms with Gasteiger partial charge >= 0.3 is 0 Å². The number of oxazole rings is 1. The molecule has 0 radical (unpaired) electrons. The van der Waals surface area contributed by atoms with Crippen LogP contribution in [-0.4, -0.2) is 30.0 Å². The van der Waals surface area contributed by atoms with E-state index in [4.69, 9.17) is 4.42 Å². The van der Waals surface area contributed by atoms with Gasteiger partial charge in [-0.2, -0.15) is 0 Å². The monoisotopic (exact) mass is 236 g/mol. The van der Waals surface area contributed by atoms with E-state index in [1.54, 1.807) is 12.5 Å². The Morgan fingerprint density at radius 3 is 2.88 bits per heavy atom. The molecule has 1 aromatic heterocycles. The van der Waals surface area contributed by atoms with Crippen LogP contribution in [0.5, 0.6) is 0 Å². The van der Waals surface area contributed by atoms with Crippen LogP contribution in [0.3, 0.4) is 0 Å². The lowest BCUT2D eigenvalue weighted by Gasteiger charge is -2.29. The molecule has 0 bridgehead atoms. The molecular formula is C14H24N2O. The summed E-state index contributed by atoms with van der Waals surface area (Å²) in [5.41, 5.74) is 0. The Kier molecular flexibility index (Phi) is 4.60. The van der Waals surface area contributed by atoms with Crippen molar-refractivity contribution in [1.29, 1.82) is 0 Å². The van der Waals surface area contributed by atoms with Crippen LogP contribution < -0.4 is 0 Å². The predicted molar refractivity (Wildman–Crippen MR) is 69.0 cm³/mol. The summed E-state index contributed by atoms with van der Waals surface area (Å²) in [5, 5.41) is 0. The first-order valence-corrected chi connectivity index (χ1v) is 6.83. The third-order valence-corrected chi connectivity index (χ3v) is 3.96. The SMILES string of the molecule is CC(CCCC1CCN(C)CC1)c1ncco1. The molecule has 1 unspecified atom stereocenters. The number of nitrogens with zero attached hydrogens (tertiary/aromatic N) is 2. The van der Waals surface area contributed by atoms with E-state index in [1.807, 2.05) is 0 Å². The molecule has 2 rings (SSSR count). The molecule has 0 N–H and O–H groups in total. The zero-order valence-electron chi connectivity index (χ0n) is 11.1. The minimum atomic E-state index is 0.469. The van der Waals surface area contributed by atoms with E-state index in [2.05, 4.69) is 23.9 Å². The van der Waals surface area contributed by atoms with Crippen molar-refractivity contribution in [3.05, 3.63) is 18.4 Å². The molecule has 1 aliphatic rings. The molecule has 0 aromatic carbocycles. The molecule has 0 aliphatic carbocycles. The Balaban J connectivity index is 1.63. The Hall–Kier alpha value is -0.830. The molecule has 0 spiro atoms. The Morgan fingerprint density at radius 2 is 2.24 bits per heavy atom. The van der Waals surface area contributed by atoms with Gasteiger partial charge in [0.05, 0.1) is 6.20 Å². The minimum Gasteiger partial charge on any atom is -0.449 e. The summed E-state index contributed by atoms with van der Waals surface area (Å²) < 4.78 is 5.33. The van der Waals surface area contributed by atoms with Gasteiger partial charge in [-0.15, -0.1) is 0 Å². The van der Waals surface area contributed by atoms with Gasteiger partial charge in [-0.25, -0.2) is 4.98 Å². The number of aromatic nitrogens is 1.